The molecule has 0 bridgehead atoms. The van der Waals surface area contributed by atoms with Gasteiger partial charge in [-0.3, -0.25) is 0 Å². The van der Waals surface area contributed by atoms with E-state index in [2.05, 4.69) is 11.7 Å². The van der Waals surface area contributed by atoms with Crippen LogP contribution in [0.2, 0.25) is 0 Å². The van der Waals surface area contributed by atoms with Gasteiger partial charge in [0, 0.05) is 0 Å². The Bertz CT molecular complexity index is 1300. The fourth-order valence-electron chi connectivity index (χ4n) is 4.09. The van der Waals surface area contributed by atoms with Crippen molar-refractivity contribution in [1.29, 1.82) is 0 Å². The van der Waals surface area contributed by atoms with Crippen LogP contribution in [0, 0.1) is 0 Å². The van der Waals surface area contributed by atoms with Gasteiger partial charge in [0.05, 0.1) is 16.7 Å². The number of rotatable bonds is 14. The van der Waals surface area contributed by atoms with Gasteiger partial charge in [-0.05, 0) is 91.9 Å². The molecule has 6 nitrogen and oxygen atoms in total. The van der Waals surface area contributed by atoms with Crippen LogP contribution in [0.4, 0.5) is 13.2 Å². The lowest BCUT2D eigenvalue weighted by Gasteiger charge is -2.20. The Hall–Kier alpha value is -4.14. The minimum Gasteiger partial charge on any atom is -0.449 e. The minimum atomic E-state index is -4.66. The van der Waals surface area contributed by atoms with E-state index in [1.807, 2.05) is 12.1 Å². The Labute approximate surface area is 243 Å². The molecule has 42 heavy (non-hydrogen) atoms. The maximum Gasteiger partial charge on any atom is 0.425 e. The summed E-state index contributed by atoms with van der Waals surface area (Å²) in [5, 5.41) is 0. The summed E-state index contributed by atoms with van der Waals surface area (Å²) in [6.07, 6.45) is -0.715. The lowest BCUT2D eigenvalue weighted by molar-refractivity contribution is -0.206. The Morgan fingerprint density at radius 3 is 1.52 bits per heavy atom. The molecule has 0 N–H and O–H groups in total. The Morgan fingerprint density at radius 2 is 1.07 bits per heavy atom. The van der Waals surface area contributed by atoms with E-state index in [1.54, 1.807) is 19.1 Å². The summed E-state index contributed by atoms with van der Waals surface area (Å²) in [5.41, 5.74) is 1.65. The Balaban J connectivity index is 1.52. The number of hydrogen-bond donors (Lipinski definition) is 0. The van der Waals surface area contributed by atoms with Gasteiger partial charge >= 0.3 is 24.1 Å². The van der Waals surface area contributed by atoms with Crippen molar-refractivity contribution in [3.8, 4) is 11.5 Å². The number of aryl methyl sites for hydroxylation is 1. The number of benzene rings is 3. The average Bonchev–Trinajstić information content (AvgIpc) is 2.97. The maximum absolute atomic E-state index is 13.2. The van der Waals surface area contributed by atoms with Gasteiger partial charge in [0.1, 0.15) is 11.5 Å². The molecule has 0 aliphatic carbocycles. The molecule has 1 atom stereocenters. The Morgan fingerprint density at radius 1 is 0.619 bits per heavy atom. The first-order valence-electron chi connectivity index (χ1n) is 14.1. The van der Waals surface area contributed by atoms with E-state index in [0.29, 0.717) is 12.0 Å². The van der Waals surface area contributed by atoms with Crippen molar-refractivity contribution in [3.63, 3.8) is 0 Å². The zero-order valence-electron chi connectivity index (χ0n) is 23.7. The molecule has 9 heteroatoms. The van der Waals surface area contributed by atoms with Crippen molar-refractivity contribution in [1.82, 2.24) is 0 Å². The first-order chi connectivity index (χ1) is 20.1. The third kappa shape index (κ3) is 10.0. The molecule has 0 aromatic heterocycles. The molecule has 0 spiro atoms. The van der Waals surface area contributed by atoms with Crippen LogP contribution >= 0.6 is 0 Å². The number of halogens is 3. The van der Waals surface area contributed by atoms with Crippen LogP contribution in [-0.2, 0) is 11.2 Å². The molecule has 0 fully saturated rings. The molecule has 0 saturated carbocycles. The van der Waals surface area contributed by atoms with E-state index < -0.39 is 30.2 Å². The zero-order valence-corrected chi connectivity index (χ0v) is 23.7. The van der Waals surface area contributed by atoms with Gasteiger partial charge in [0.2, 0.25) is 0 Å². The summed E-state index contributed by atoms with van der Waals surface area (Å²) in [7, 11) is 0. The monoisotopic (exact) mass is 584 g/mol. The molecule has 3 rings (SSSR count). The van der Waals surface area contributed by atoms with Crippen LogP contribution in [0.3, 0.4) is 0 Å². The van der Waals surface area contributed by atoms with Crippen molar-refractivity contribution in [2.45, 2.75) is 77.5 Å². The molecule has 3 aromatic carbocycles. The SMILES string of the molecule is CCCCCCc1ccc(C(=O)Oc2ccc(C(=O)Oc3ccc(C(=O)O[C@H](CCCC)C(F)(F)F)cc3)cc2)cc1. The standard InChI is InChI=1S/C33H35F3O6/c1-3-5-7-8-9-23-11-13-24(14-12-23)30(37)40-27-19-15-25(16-20-27)31(38)41-28-21-17-26(18-22-28)32(39)42-29(10-6-4-2)33(34,35)36/h11-22,29H,3-10H2,1-2H3/t29-/m1/s1. The third-order valence-corrected chi connectivity index (χ3v) is 6.54. The molecule has 0 saturated heterocycles. The molecule has 0 heterocycles. The molecule has 0 radical (unpaired) electrons. The molecular weight excluding hydrogens is 549 g/mol. The molecule has 0 aliphatic heterocycles. The first-order valence-corrected chi connectivity index (χ1v) is 14.1. The maximum atomic E-state index is 13.2. The average molecular weight is 585 g/mol. The number of hydrogen-bond acceptors (Lipinski definition) is 6. The van der Waals surface area contributed by atoms with Gasteiger partial charge in [-0.25, -0.2) is 14.4 Å². The van der Waals surface area contributed by atoms with Crippen molar-refractivity contribution in [2.75, 3.05) is 0 Å². The van der Waals surface area contributed by atoms with Crippen LogP contribution in [0.15, 0.2) is 72.8 Å². The molecule has 0 unspecified atom stereocenters. The molecular formula is C33H35F3O6. The highest BCUT2D eigenvalue weighted by Crippen LogP contribution is 2.28. The second-order valence-electron chi connectivity index (χ2n) is 9.91. The summed E-state index contributed by atoms with van der Waals surface area (Å²) in [6, 6.07) is 18.1. The highest BCUT2D eigenvalue weighted by molar-refractivity contribution is 5.93. The first kappa shape index (κ1) is 32.4. The van der Waals surface area contributed by atoms with Crippen LogP contribution < -0.4 is 9.47 Å². The van der Waals surface area contributed by atoms with Gasteiger partial charge in [-0.2, -0.15) is 13.2 Å². The Kier molecular flexibility index (Phi) is 12.1. The lowest BCUT2D eigenvalue weighted by atomic mass is 10.0. The fraction of sp³-hybridized carbons (Fsp3) is 0.364. The number of carbonyl (C=O) groups excluding carboxylic acids is 3. The number of esters is 3. The van der Waals surface area contributed by atoms with Gasteiger partial charge in [-0.1, -0.05) is 51.7 Å². The second kappa shape index (κ2) is 15.7. The quantitative estimate of drug-likeness (QED) is 0.107. The molecule has 0 amide bonds. The van der Waals surface area contributed by atoms with E-state index in [1.165, 1.54) is 67.8 Å². The van der Waals surface area contributed by atoms with E-state index >= 15 is 0 Å². The molecule has 224 valence electrons. The third-order valence-electron chi connectivity index (χ3n) is 6.54. The number of alkyl halides is 3. The highest BCUT2D eigenvalue weighted by atomic mass is 19.4. The predicted octanol–water partition coefficient (Wildman–Crippen LogP) is 8.53. The van der Waals surface area contributed by atoms with Gasteiger partial charge in [0.15, 0.2) is 6.10 Å². The summed E-state index contributed by atoms with van der Waals surface area (Å²) in [6.45, 7) is 3.91. The van der Waals surface area contributed by atoms with Crippen molar-refractivity contribution < 1.29 is 41.8 Å². The number of ether oxygens (including phenoxy) is 3. The van der Waals surface area contributed by atoms with E-state index in [9.17, 15) is 27.6 Å². The summed E-state index contributed by atoms with van der Waals surface area (Å²) < 4.78 is 54.9. The van der Waals surface area contributed by atoms with E-state index in [4.69, 9.17) is 9.47 Å². The topological polar surface area (TPSA) is 78.9 Å². The van der Waals surface area contributed by atoms with E-state index in [0.717, 1.165) is 18.4 Å². The predicted molar refractivity (Wildman–Crippen MR) is 152 cm³/mol. The minimum absolute atomic E-state index is 0.0826. The number of unbranched alkanes of at least 4 members (excludes halogenated alkanes) is 4. The van der Waals surface area contributed by atoms with Crippen LogP contribution in [-0.4, -0.2) is 30.2 Å². The van der Waals surface area contributed by atoms with Crippen molar-refractivity contribution in [3.05, 3.63) is 95.1 Å². The van der Waals surface area contributed by atoms with Crippen LogP contribution in [0.25, 0.3) is 0 Å². The summed E-state index contributed by atoms with van der Waals surface area (Å²) in [5.74, 6) is -2.02. The van der Waals surface area contributed by atoms with Gasteiger partial charge < -0.3 is 14.2 Å². The van der Waals surface area contributed by atoms with Crippen LogP contribution in [0.1, 0.15) is 95.4 Å². The summed E-state index contributed by atoms with van der Waals surface area (Å²) in [4.78, 5) is 37.3. The van der Waals surface area contributed by atoms with Gasteiger partial charge in [0.25, 0.3) is 0 Å². The van der Waals surface area contributed by atoms with E-state index in [-0.39, 0.29) is 35.5 Å². The van der Waals surface area contributed by atoms with Crippen molar-refractivity contribution in [2.24, 2.45) is 0 Å². The van der Waals surface area contributed by atoms with Gasteiger partial charge in [-0.15, -0.1) is 0 Å². The van der Waals surface area contributed by atoms with Crippen LogP contribution in [0.5, 0.6) is 11.5 Å². The lowest BCUT2D eigenvalue weighted by Crippen LogP contribution is -2.33. The van der Waals surface area contributed by atoms with Crippen molar-refractivity contribution >= 4 is 17.9 Å². The zero-order chi connectivity index (χ0) is 30.5. The fourth-order valence-corrected chi connectivity index (χ4v) is 4.09. The molecule has 0 aliphatic rings. The number of carbonyl (C=O) groups is 3. The normalized spacial score (nSPS) is 11.9. The molecule has 3 aromatic rings. The summed E-state index contributed by atoms with van der Waals surface area (Å²) >= 11 is 0. The highest BCUT2D eigenvalue weighted by Gasteiger charge is 2.42. The smallest absolute Gasteiger partial charge is 0.425 e. The largest absolute Gasteiger partial charge is 0.449 e. The second-order valence-corrected chi connectivity index (χ2v) is 9.91.